The van der Waals surface area contributed by atoms with Crippen LogP contribution in [-0.2, 0) is 20.0 Å². The largest absolute Gasteiger partial charge is 0.313 e. The summed E-state index contributed by atoms with van der Waals surface area (Å²) in [6.45, 7) is 6.62. The van der Waals surface area contributed by atoms with Crippen LogP contribution in [0.5, 0.6) is 0 Å². The van der Waals surface area contributed by atoms with Crippen LogP contribution in [0.15, 0.2) is 34.1 Å². The summed E-state index contributed by atoms with van der Waals surface area (Å²) < 4.78 is 3.75. The fraction of sp³-hybridized carbons (Fsp3) is 0.368. The molecule has 1 aliphatic heterocycles. The third-order valence-electron chi connectivity index (χ3n) is 4.94. The first-order valence-electron chi connectivity index (χ1n) is 8.49. The summed E-state index contributed by atoms with van der Waals surface area (Å²) in [4.78, 5) is 22.3. The number of aryl methyl sites for hydroxylation is 2. The first-order chi connectivity index (χ1) is 12.0. The molecular formula is C19H21N5O. The van der Waals surface area contributed by atoms with E-state index in [0.29, 0.717) is 29.8 Å². The van der Waals surface area contributed by atoms with Gasteiger partial charge in [0.15, 0.2) is 5.65 Å². The number of hydrogen-bond donors (Lipinski definition) is 0. The van der Waals surface area contributed by atoms with Gasteiger partial charge >= 0.3 is 0 Å². The highest BCUT2D eigenvalue weighted by Gasteiger charge is 2.25. The fourth-order valence-electron chi connectivity index (χ4n) is 3.49. The number of hydrogen-bond acceptors (Lipinski definition) is 4. The number of aliphatic imine (C=N–C) groups is 1. The Labute approximate surface area is 145 Å². The number of fused-ring (bicyclic) bond motifs is 3. The normalized spacial score (nSPS) is 16.8. The van der Waals surface area contributed by atoms with Crippen molar-refractivity contribution in [2.75, 3.05) is 0 Å². The van der Waals surface area contributed by atoms with Crippen molar-refractivity contribution in [2.24, 2.45) is 12.0 Å². The van der Waals surface area contributed by atoms with Crippen LogP contribution >= 0.6 is 0 Å². The fourth-order valence-corrected chi connectivity index (χ4v) is 3.49. The Kier molecular flexibility index (Phi) is 3.56. The van der Waals surface area contributed by atoms with E-state index < -0.39 is 0 Å². The lowest BCUT2D eigenvalue weighted by Gasteiger charge is -2.21. The second-order valence-electron chi connectivity index (χ2n) is 6.77. The monoisotopic (exact) mass is 335 g/mol. The summed E-state index contributed by atoms with van der Waals surface area (Å²) in [6, 6.07) is 8.22. The highest BCUT2D eigenvalue weighted by molar-refractivity contribution is 5.88. The Morgan fingerprint density at radius 2 is 2.08 bits per heavy atom. The molecule has 0 saturated heterocycles. The molecule has 2 aromatic heterocycles. The van der Waals surface area contributed by atoms with Crippen LogP contribution in [0.25, 0.3) is 11.2 Å². The molecule has 1 aliphatic rings. The second kappa shape index (κ2) is 5.65. The molecule has 128 valence electrons. The minimum absolute atomic E-state index is 0.0325. The molecular weight excluding hydrogens is 314 g/mol. The van der Waals surface area contributed by atoms with E-state index in [-0.39, 0.29) is 11.5 Å². The molecule has 0 saturated carbocycles. The maximum atomic E-state index is 13.2. The highest BCUT2D eigenvalue weighted by Crippen LogP contribution is 2.24. The molecule has 0 radical (unpaired) electrons. The maximum Gasteiger partial charge on any atom is 0.229 e. The molecule has 1 atom stereocenters. The first-order valence-corrected chi connectivity index (χ1v) is 8.49. The number of benzene rings is 1. The third kappa shape index (κ3) is 2.49. The standard InChI is InChI=1S/C19H21N5O/c1-11-6-5-7-14(8-11)9-15-18(25)17-19(23(4)22-15)21-16-10-20-12(2)13(3)24(16)17/h5-8,13H,9-10H2,1-4H3. The third-order valence-corrected chi connectivity index (χ3v) is 4.94. The van der Waals surface area contributed by atoms with Gasteiger partial charge in [-0.3, -0.25) is 9.79 Å². The van der Waals surface area contributed by atoms with E-state index in [1.807, 2.05) is 30.7 Å². The van der Waals surface area contributed by atoms with Gasteiger partial charge in [-0.25, -0.2) is 9.67 Å². The van der Waals surface area contributed by atoms with Crippen LogP contribution in [0.4, 0.5) is 0 Å². The molecule has 0 fully saturated rings. The lowest BCUT2D eigenvalue weighted by molar-refractivity contribution is 0.632. The van der Waals surface area contributed by atoms with Crippen molar-refractivity contribution in [3.63, 3.8) is 0 Å². The molecule has 6 nitrogen and oxygen atoms in total. The van der Waals surface area contributed by atoms with Crippen molar-refractivity contribution in [1.82, 2.24) is 19.3 Å². The summed E-state index contributed by atoms with van der Waals surface area (Å²) in [7, 11) is 1.85. The maximum absolute atomic E-state index is 13.2. The molecule has 1 aromatic carbocycles. The molecule has 0 spiro atoms. The lowest BCUT2D eigenvalue weighted by Crippen LogP contribution is -2.25. The molecule has 25 heavy (non-hydrogen) atoms. The average molecular weight is 335 g/mol. The quantitative estimate of drug-likeness (QED) is 0.723. The van der Waals surface area contributed by atoms with Crippen molar-refractivity contribution in [3.05, 3.63) is 57.1 Å². The lowest BCUT2D eigenvalue weighted by atomic mass is 10.1. The molecule has 0 amide bonds. The number of imidazole rings is 1. The van der Waals surface area contributed by atoms with Gasteiger partial charge < -0.3 is 4.57 Å². The van der Waals surface area contributed by atoms with Gasteiger partial charge in [-0.2, -0.15) is 5.10 Å². The van der Waals surface area contributed by atoms with Gasteiger partial charge in [-0.1, -0.05) is 29.8 Å². The van der Waals surface area contributed by atoms with Gasteiger partial charge in [0.25, 0.3) is 0 Å². The SMILES string of the molecule is CC1=NCc2nc3c(c(=O)c(Cc4cccc(C)c4)nn3C)n2C1C. The summed E-state index contributed by atoms with van der Waals surface area (Å²) >= 11 is 0. The van der Waals surface area contributed by atoms with Crippen LogP contribution in [0.1, 0.15) is 42.5 Å². The van der Waals surface area contributed by atoms with E-state index in [1.54, 1.807) is 4.68 Å². The summed E-state index contributed by atoms with van der Waals surface area (Å²) in [5.74, 6) is 0.829. The van der Waals surface area contributed by atoms with E-state index in [0.717, 1.165) is 17.1 Å². The molecule has 1 unspecified atom stereocenters. The molecule has 0 bridgehead atoms. The Morgan fingerprint density at radius 1 is 1.28 bits per heavy atom. The Balaban J connectivity index is 1.91. The van der Waals surface area contributed by atoms with Gasteiger partial charge in [0.1, 0.15) is 17.0 Å². The topological polar surface area (TPSA) is 65.1 Å². The predicted octanol–water partition coefficient (Wildman–Crippen LogP) is 2.56. The van der Waals surface area contributed by atoms with Crippen molar-refractivity contribution in [3.8, 4) is 0 Å². The smallest absolute Gasteiger partial charge is 0.229 e. The average Bonchev–Trinajstić information content (AvgIpc) is 2.97. The summed E-state index contributed by atoms with van der Waals surface area (Å²) in [5.41, 5.74) is 5.07. The van der Waals surface area contributed by atoms with Gasteiger partial charge in [0.05, 0.1) is 12.6 Å². The predicted molar refractivity (Wildman–Crippen MR) is 98.3 cm³/mol. The highest BCUT2D eigenvalue weighted by atomic mass is 16.1. The van der Waals surface area contributed by atoms with Crippen LogP contribution in [0.3, 0.4) is 0 Å². The minimum Gasteiger partial charge on any atom is -0.313 e. The van der Waals surface area contributed by atoms with Crippen molar-refractivity contribution >= 4 is 16.9 Å². The van der Waals surface area contributed by atoms with Crippen LogP contribution in [0.2, 0.25) is 0 Å². The Bertz CT molecular complexity index is 1070. The number of aromatic nitrogens is 4. The zero-order valence-corrected chi connectivity index (χ0v) is 14.9. The molecule has 3 aromatic rings. The van der Waals surface area contributed by atoms with Crippen LogP contribution in [0, 0.1) is 6.92 Å². The van der Waals surface area contributed by atoms with Crippen molar-refractivity contribution < 1.29 is 0 Å². The minimum atomic E-state index is -0.0325. The van der Waals surface area contributed by atoms with E-state index in [9.17, 15) is 4.79 Å². The molecule has 3 heterocycles. The molecule has 0 aliphatic carbocycles. The summed E-state index contributed by atoms with van der Waals surface area (Å²) in [5, 5.41) is 4.50. The van der Waals surface area contributed by atoms with Gasteiger partial charge in [0.2, 0.25) is 5.43 Å². The Hall–Kier alpha value is -2.76. The van der Waals surface area contributed by atoms with Gasteiger partial charge in [-0.15, -0.1) is 0 Å². The van der Waals surface area contributed by atoms with Crippen LogP contribution in [-0.4, -0.2) is 25.0 Å². The molecule has 0 N–H and O–H groups in total. The first kappa shape index (κ1) is 15.7. The van der Waals surface area contributed by atoms with E-state index >= 15 is 0 Å². The van der Waals surface area contributed by atoms with Gasteiger partial charge in [0, 0.05) is 19.2 Å². The van der Waals surface area contributed by atoms with E-state index in [2.05, 4.69) is 41.1 Å². The van der Waals surface area contributed by atoms with E-state index in [1.165, 1.54) is 5.56 Å². The van der Waals surface area contributed by atoms with Crippen molar-refractivity contribution in [1.29, 1.82) is 0 Å². The van der Waals surface area contributed by atoms with Crippen LogP contribution < -0.4 is 5.43 Å². The molecule has 6 heteroatoms. The number of rotatable bonds is 2. The van der Waals surface area contributed by atoms with Crippen molar-refractivity contribution in [2.45, 2.75) is 39.8 Å². The zero-order valence-electron chi connectivity index (χ0n) is 14.9. The second-order valence-corrected chi connectivity index (χ2v) is 6.77. The Morgan fingerprint density at radius 3 is 2.84 bits per heavy atom. The van der Waals surface area contributed by atoms with E-state index in [4.69, 9.17) is 0 Å². The molecule has 4 rings (SSSR count). The van der Waals surface area contributed by atoms with Gasteiger partial charge in [-0.05, 0) is 26.3 Å². The summed E-state index contributed by atoms with van der Waals surface area (Å²) in [6.07, 6.45) is 0.520. The number of nitrogens with zero attached hydrogens (tertiary/aromatic N) is 5. The zero-order chi connectivity index (χ0) is 17.7.